The van der Waals surface area contributed by atoms with Gasteiger partial charge in [-0.15, -0.1) is 0 Å². The van der Waals surface area contributed by atoms with Crippen LogP contribution >= 0.6 is 0 Å². The standard InChI is InChI=1S/C15H23N5O2/c1-16-12-7-13(19-10-18-12)20-6-5-15(22,9-20)8-17-14(21)11-3-2-4-11/h7,10-11,22H,2-6,8-9H2,1H3,(H,17,21)(H,16,18,19). The van der Waals surface area contributed by atoms with Crippen molar-refractivity contribution in [3.05, 3.63) is 12.4 Å². The van der Waals surface area contributed by atoms with E-state index in [-0.39, 0.29) is 11.8 Å². The molecule has 0 bridgehead atoms. The van der Waals surface area contributed by atoms with Gasteiger partial charge in [-0.25, -0.2) is 9.97 Å². The zero-order valence-corrected chi connectivity index (χ0v) is 12.9. The first-order valence-corrected chi connectivity index (χ1v) is 7.84. The first-order chi connectivity index (χ1) is 10.6. The van der Waals surface area contributed by atoms with Crippen LogP contribution in [-0.4, -0.2) is 53.3 Å². The van der Waals surface area contributed by atoms with Crippen molar-refractivity contribution in [2.45, 2.75) is 31.3 Å². The Kier molecular flexibility index (Phi) is 4.15. The van der Waals surface area contributed by atoms with Gasteiger partial charge < -0.3 is 20.6 Å². The van der Waals surface area contributed by atoms with Gasteiger partial charge in [-0.3, -0.25) is 4.79 Å². The molecule has 1 atom stereocenters. The summed E-state index contributed by atoms with van der Waals surface area (Å²) in [5, 5.41) is 16.5. The predicted octanol–water partition coefficient (Wildman–Crippen LogP) is 0.376. The Morgan fingerprint density at radius 2 is 2.32 bits per heavy atom. The lowest BCUT2D eigenvalue weighted by Gasteiger charge is -2.28. The molecular formula is C15H23N5O2. The molecule has 1 unspecified atom stereocenters. The average molecular weight is 305 g/mol. The van der Waals surface area contributed by atoms with Gasteiger partial charge in [-0.2, -0.15) is 0 Å². The molecule has 3 N–H and O–H groups in total. The molecule has 2 heterocycles. The highest BCUT2D eigenvalue weighted by atomic mass is 16.3. The number of aromatic nitrogens is 2. The van der Waals surface area contributed by atoms with Crippen LogP contribution in [-0.2, 0) is 4.79 Å². The maximum Gasteiger partial charge on any atom is 0.223 e. The molecule has 0 radical (unpaired) electrons. The van der Waals surface area contributed by atoms with Gasteiger partial charge in [0.1, 0.15) is 23.6 Å². The van der Waals surface area contributed by atoms with Crippen LogP contribution in [0.15, 0.2) is 12.4 Å². The molecule has 22 heavy (non-hydrogen) atoms. The van der Waals surface area contributed by atoms with E-state index in [4.69, 9.17) is 0 Å². The number of rotatable bonds is 5. The van der Waals surface area contributed by atoms with E-state index in [0.29, 0.717) is 19.5 Å². The molecule has 7 nitrogen and oxygen atoms in total. The predicted molar refractivity (Wildman–Crippen MR) is 83.7 cm³/mol. The van der Waals surface area contributed by atoms with Crippen molar-refractivity contribution in [1.82, 2.24) is 15.3 Å². The number of aliphatic hydroxyl groups is 1. The quantitative estimate of drug-likeness (QED) is 0.728. The lowest BCUT2D eigenvalue weighted by Crippen LogP contribution is -2.47. The Bertz CT molecular complexity index is 548. The van der Waals surface area contributed by atoms with E-state index in [1.54, 1.807) is 0 Å². The summed E-state index contributed by atoms with van der Waals surface area (Å²) in [4.78, 5) is 22.3. The highest BCUT2D eigenvalue weighted by Crippen LogP contribution is 2.28. The fourth-order valence-electron chi connectivity index (χ4n) is 2.92. The maximum absolute atomic E-state index is 11.9. The molecule has 1 aliphatic heterocycles. The fourth-order valence-corrected chi connectivity index (χ4v) is 2.92. The van der Waals surface area contributed by atoms with Crippen molar-refractivity contribution in [2.24, 2.45) is 5.92 Å². The van der Waals surface area contributed by atoms with Crippen LogP contribution < -0.4 is 15.5 Å². The third-order valence-corrected chi connectivity index (χ3v) is 4.63. The Balaban J connectivity index is 1.56. The van der Waals surface area contributed by atoms with Crippen molar-refractivity contribution >= 4 is 17.5 Å². The van der Waals surface area contributed by atoms with Crippen molar-refractivity contribution in [3.63, 3.8) is 0 Å². The second kappa shape index (κ2) is 6.08. The van der Waals surface area contributed by atoms with E-state index in [9.17, 15) is 9.90 Å². The maximum atomic E-state index is 11.9. The van der Waals surface area contributed by atoms with Crippen molar-refractivity contribution in [1.29, 1.82) is 0 Å². The third kappa shape index (κ3) is 3.14. The average Bonchev–Trinajstić information content (AvgIpc) is 2.87. The first-order valence-electron chi connectivity index (χ1n) is 7.84. The van der Waals surface area contributed by atoms with Crippen LogP contribution in [0.4, 0.5) is 11.6 Å². The van der Waals surface area contributed by atoms with E-state index < -0.39 is 5.60 Å². The van der Waals surface area contributed by atoms with Crippen LogP contribution in [0, 0.1) is 5.92 Å². The van der Waals surface area contributed by atoms with E-state index in [0.717, 1.165) is 37.4 Å². The second-order valence-corrected chi connectivity index (χ2v) is 6.25. The van der Waals surface area contributed by atoms with Crippen molar-refractivity contribution in [3.8, 4) is 0 Å². The second-order valence-electron chi connectivity index (χ2n) is 6.25. The highest BCUT2D eigenvalue weighted by Gasteiger charge is 2.38. The summed E-state index contributed by atoms with van der Waals surface area (Å²) in [6, 6.07) is 1.86. The summed E-state index contributed by atoms with van der Waals surface area (Å²) in [6.45, 7) is 1.50. The largest absolute Gasteiger partial charge is 0.386 e. The van der Waals surface area contributed by atoms with E-state index in [2.05, 4.69) is 20.6 Å². The number of anilines is 2. The molecule has 1 amide bonds. The molecule has 7 heteroatoms. The lowest BCUT2D eigenvalue weighted by atomic mass is 9.84. The number of amides is 1. The van der Waals surface area contributed by atoms with Gasteiger partial charge in [0, 0.05) is 38.7 Å². The molecule has 120 valence electrons. The minimum atomic E-state index is -0.885. The number of hydrogen-bond donors (Lipinski definition) is 3. The van der Waals surface area contributed by atoms with Crippen LogP contribution in [0.3, 0.4) is 0 Å². The van der Waals surface area contributed by atoms with Gasteiger partial charge in [0.15, 0.2) is 0 Å². The van der Waals surface area contributed by atoms with Gasteiger partial charge in [0.05, 0.1) is 0 Å². The molecule has 3 rings (SSSR count). The Hall–Kier alpha value is -1.89. The SMILES string of the molecule is CNc1cc(N2CCC(O)(CNC(=O)C3CCC3)C2)ncn1. The number of β-amino-alcohol motifs (C(OH)–C–C–N with tert-alkyl or cyclic N) is 1. The number of hydrogen-bond acceptors (Lipinski definition) is 6. The molecular weight excluding hydrogens is 282 g/mol. The monoisotopic (exact) mass is 305 g/mol. The van der Waals surface area contributed by atoms with Gasteiger partial charge in [-0.1, -0.05) is 6.42 Å². The summed E-state index contributed by atoms with van der Waals surface area (Å²) in [5.41, 5.74) is -0.885. The number of carbonyl (C=O) groups is 1. The van der Waals surface area contributed by atoms with Crippen molar-refractivity contribution < 1.29 is 9.90 Å². The minimum absolute atomic E-state index is 0.0811. The molecule has 1 aliphatic carbocycles. The zero-order chi connectivity index (χ0) is 15.6. The molecule has 2 aliphatic rings. The molecule has 2 fully saturated rings. The van der Waals surface area contributed by atoms with E-state index in [1.165, 1.54) is 6.33 Å². The summed E-state index contributed by atoms with van der Waals surface area (Å²) < 4.78 is 0. The first kappa shape index (κ1) is 15.0. The topological polar surface area (TPSA) is 90.4 Å². The molecule has 1 aromatic heterocycles. The summed E-state index contributed by atoms with van der Waals surface area (Å²) in [5.74, 6) is 1.78. The Morgan fingerprint density at radius 1 is 1.50 bits per heavy atom. The highest BCUT2D eigenvalue weighted by molar-refractivity contribution is 5.79. The fraction of sp³-hybridized carbons (Fsp3) is 0.667. The summed E-state index contributed by atoms with van der Waals surface area (Å²) in [6.07, 6.45) is 5.22. The number of nitrogens with zero attached hydrogens (tertiary/aromatic N) is 3. The molecule has 1 aromatic rings. The normalized spacial score (nSPS) is 24.9. The molecule has 1 saturated heterocycles. The number of carbonyl (C=O) groups excluding carboxylic acids is 1. The van der Waals surface area contributed by atoms with Crippen molar-refractivity contribution in [2.75, 3.05) is 36.9 Å². The zero-order valence-electron chi connectivity index (χ0n) is 12.9. The molecule has 0 aromatic carbocycles. The minimum Gasteiger partial charge on any atom is -0.386 e. The molecule has 0 spiro atoms. The van der Waals surface area contributed by atoms with Gasteiger partial charge in [-0.05, 0) is 19.3 Å². The lowest BCUT2D eigenvalue weighted by molar-refractivity contribution is -0.128. The van der Waals surface area contributed by atoms with Crippen LogP contribution in [0.5, 0.6) is 0 Å². The molecule has 1 saturated carbocycles. The van der Waals surface area contributed by atoms with Crippen LogP contribution in [0.2, 0.25) is 0 Å². The Morgan fingerprint density at radius 3 is 3.00 bits per heavy atom. The smallest absolute Gasteiger partial charge is 0.223 e. The van der Waals surface area contributed by atoms with E-state index >= 15 is 0 Å². The Labute approximate surface area is 130 Å². The number of nitrogens with one attached hydrogen (secondary N) is 2. The third-order valence-electron chi connectivity index (χ3n) is 4.63. The van der Waals surface area contributed by atoms with Gasteiger partial charge in [0.2, 0.25) is 5.91 Å². The summed E-state index contributed by atoms with van der Waals surface area (Å²) >= 11 is 0. The van der Waals surface area contributed by atoms with Gasteiger partial charge >= 0.3 is 0 Å². The summed E-state index contributed by atoms with van der Waals surface area (Å²) in [7, 11) is 1.81. The van der Waals surface area contributed by atoms with Crippen LogP contribution in [0.25, 0.3) is 0 Å². The van der Waals surface area contributed by atoms with Gasteiger partial charge in [0.25, 0.3) is 0 Å². The van der Waals surface area contributed by atoms with E-state index in [1.807, 2.05) is 18.0 Å². The van der Waals surface area contributed by atoms with Crippen LogP contribution in [0.1, 0.15) is 25.7 Å².